The third-order valence-corrected chi connectivity index (χ3v) is 4.27. The zero-order chi connectivity index (χ0) is 16.2. The molecule has 1 aromatic carbocycles. The molecule has 23 heavy (non-hydrogen) atoms. The van der Waals surface area contributed by atoms with Gasteiger partial charge in [0.05, 0.1) is 10.6 Å². The molecule has 0 aliphatic carbocycles. The van der Waals surface area contributed by atoms with Crippen LogP contribution in [-0.2, 0) is 4.74 Å². The van der Waals surface area contributed by atoms with E-state index in [0.29, 0.717) is 15.6 Å². The van der Waals surface area contributed by atoms with Crippen LogP contribution in [0.3, 0.4) is 0 Å². The largest absolute Gasteiger partial charge is 0.459 e. The zero-order valence-electron chi connectivity index (χ0n) is 12.4. The summed E-state index contributed by atoms with van der Waals surface area (Å²) in [6, 6.07) is 10.5. The van der Waals surface area contributed by atoms with Gasteiger partial charge in [0.25, 0.3) is 0 Å². The Labute approximate surface area is 145 Å². The van der Waals surface area contributed by atoms with E-state index in [4.69, 9.17) is 27.9 Å². The SMILES string of the molecule is O=C(OC1CCN(c2ccc(Cl)cn2)CC1)c1cccc(Cl)c1. The zero-order valence-corrected chi connectivity index (χ0v) is 13.9. The van der Waals surface area contributed by atoms with Crippen molar-refractivity contribution in [2.24, 2.45) is 0 Å². The number of rotatable bonds is 3. The number of carbonyl (C=O) groups is 1. The first-order valence-corrected chi connectivity index (χ1v) is 8.20. The fourth-order valence-electron chi connectivity index (χ4n) is 2.59. The van der Waals surface area contributed by atoms with Gasteiger partial charge in [-0.05, 0) is 30.3 Å². The lowest BCUT2D eigenvalue weighted by Gasteiger charge is -2.32. The molecule has 0 spiro atoms. The molecule has 0 radical (unpaired) electrons. The number of halogens is 2. The van der Waals surface area contributed by atoms with Crippen LogP contribution < -0.4 is 4.90 Å². The Balaban J connectivity index is 1.55. The molecule has 1 fully saturated rings. The Morgan fingerprint density at radius 2 is 1.91 bits per heavy atom. The molecule has 0 atom stereocenters. The van der Waals surface area contributed by atoms with Crippen LogP contribution in [0.15, 0.2) is 42.6 Å². The molecule has 0 amide bonds. The Morgan fingerprint density at radius 1 is 1.13 bits per heavy atom. The van der Waals surface area contributed by atoms with Crippen molar-refractivity contribution in [2.75, 3.05) is 18.0 Å². The predicted molar refractivity (Wildman–Crippen MR) is 91.3 cm³/mol. The molecule has 1 aliphatic heterocycles. The minimum Gasteiger partial charge on any atom is -0.459 e. The number of ether oxygens (including phenoxy) is 1. The summed E-state index contributed by atoms with van der Waals surface area (Å²) >= 11 is 11.8. The van der Waals surface area contributed by atoms with E-state index in [-0.39, 0.29) is 12.1 Å². The second-order valence-electron chi connectivity index (χ2n) is 5.44. The Kier molecular flexibility index (Phi) is 5.03. The molecule has 2 aromatic rings. The summed E-state index contributed by atoms with van der Waals surface area (Å²) in [6.45, 7) is 1.59. The van der Waals surface area contributed by atoms with Gasteiger partial charge in [0, 0.05) is 37.2 Å². The first kappa shape index (κ1) is 16.1. The topological polar surface area (TPSA) is 42.4 Å². The van der Waals surface area contributed by atoms with Gasteiger partial charge < -0.3 is 9.64 Å². The maximum Gasteiger partial charge on any atom is 0.338 e. The molecule has 0 unspecified atom stereocenters. The summed E-state index contributed by atoms with van der Waals surface area (Å²) in [6.07, 6.45) is 3.11. The van der Waals surface area contributed by atoms with Crippen molar-refractivity contribution in [3.05, 3.63) is 58.2 Å². The third kappa shape index (κ3) is 4.15. The summed E-state index contributed by atoms with van der Waals surface area (Å²) in [5.41, 5.74) is 0.485. The summed E-state index contributed by atoms with van der Waals surface area (Å²) in [5, 5.41) is 1.15. The van der Waals surface area contributed by atoms with Crippen molar-refractivity contribution in [1.29, 1.82) is 0 Å². The quantitative estimate of drug-likeness (QED) is 0.777. The van der Waals surface area contributed by atoms with E-state index in [1.165, 1.54) is 0 Å². The van der Waals surface area contributed by atoms with E-state index in [1.54, 1.807) is 30.5 Å². The van der Waals surface area contributed by atoms with Gasteiger partial charge in [0.1, 0.15) is 11.9 Å². The number of nitrogens with zero attached hydrogens (tertiary/aromatic N) is 2. The van der Waals surface area contributed by atoms with Crippen molar-refractivity contribution in [3.63, 3.8) is 0 Å². The van der Waals surface area contributed by atoms with Gasteiger partial charge in [-0.15, -0.1) is 0 Å². The van der Waals surface area contributed by atoms with Crippen LogP contribution in [0.2, 0.25) is 10.0 Å². The number of hydrogen-bond acceptors (Lipinski definition) is 4. The van der Waals surface area contributed by atoms with Gasteiger partial charge >= 0.3 is 5.97 Å². The molecule has 0 bridgehead atoms. The van der Waals surface area contributed by atoms with Crippen molar-refractivity contribution in [3.8, 4) is 0 Å². The van der Waals surface area contributed by atoms with Crippen LogP contribution in [0, 0.1) is 0 Å². The summed E-state index contributed by atoms with van der Waals surface area (Å²) in [7, 11) is 0. The van der Waals surface area contributed by atoms with Crippen molar-refractivity contribution in [2.45, 2.75) is 18.9 Å². The molecule has 0 N–H and O–H groups in total. The molecule has 0 saturated carbocycles. The van der Waals surface area contributed by atoms with Crippen LogP contribution >= 0.6 is 23.2 Å². The fourth-order valence-corrected chi connectivity index (χ4v) is 2.89. The Morgan fingerprint density at radius 3 is 2.57 bits per heavy atom. The number of pyridine rings is 1. The number of piperidine rings is 1. The molecule has 1 aromatic heterocycles. The lowest BCUT2D eigenvalue weighted by molar-refractivity contribution is 0.0245. The van der Waals surface area contributed by atoms with Gasteiger partial charge in [0.2, 0.25) is 0 Å². The van der Waals surface area contributed by atoms with Gasteiger partial charge in [-0.25, -0.2) is 9.78 Å². The second-order valence-corrected chi connectivity index (χ2v) is 6.31. The van der Waals surface area contributed by atoms with Gasteiger partial charge in [-0.1, -0.05) is 29.3 Å². The number of esters is 1. The third-order valence-electron chi connectivity index (χ3n) is 3.81. The van der Waals surface area contributed by atoms with E-state index in [9.17, 15) is 4.79 Å². The smallest absolute Gasteiger partial charge is 0.338 e. The fraction of sp³-hybridized carbons (Fsp3) is 0.294. The van der Waals surface area contributed by atoms with E-state index in [1.807, 2.05) is 12.1 Å². The standard InChI is InChI=1S/C17H16Cl2N2O2/c18-13-3-1-2-12(10-13)17(22)23-15-6-8-21(9-7-15)16-5-4-14(19)11-20-16/h1-5,10-11,15H,6-9H2. The van der Waals surface area contributed by atoms with Crippen molar-refractivity contribution >= 4 is 35.0 Å². The van der Waals surface area contributed by atoms with Crippen molar-refractivity contribution < 1.29 is 9.53 Å². The maximum absolute atomic E-state index is 12.1. The highest BCUT2D eigenvalue weighted by molar-refractivity contribution is 6.31. The number of aromatic nitrogens is 1. The lowest BCUT2D eigenvalue weighted by atomic mass is 10.1. The highest BCUT2D eigenvalue weighted by atomic mass is 35.5. The van der Waals surface area contributed by atoms with Crippen LogP contribution in [-0.4, -0.2) is 30.1 Å². The average Bonchev–Trinajstić information content (AvgIpc) is 2.56. The van der Waals surface area contributed by atoms with Gasteiger partial charge in [-0.2, -0.15) is 0 Å². The number of benzene rings is 1. The molecule has 1 aliphatic rings. The Hall–Kier alpha value is -1.78. The molecule has 3 rings (SSSR count). The van der Waals surface area contributed by atoms with E-state index >= 15 is 0 Å². The second kappa shape index (κ2) is 7.20. The molecule has 6 heteroatoms. The van der Waals surface area contributed by atoms with Gasteiger partial charge in [-0.3, -0.25) is 0 Å². The molecule has 1 saturated heterocycles. The summed E-state index contributed by atoms with van der Waals surface area (Å²) < 4.78 is 5.57. The monoisotopic (exact) mass is 350 g/mol. The summed E-state index contributed by atoms with van der Waals surface area (Å²) in [5.74, 6) is 0.574. The minimum atomic E-state index is -0.324. The molecule has 120 valence electrons. The lowest BCUT2D eigenvalue weighted by Crippen LogP contribution is -2.38. The first-order valence-electron chi connectivity index (χ1n) is 7.45. The van der Waals surface area contributed by atoms with Crippen LogP contribution in [0.5, 0.6) is 0 Å². The van der Waals surface area contributed by atoms with Crippen LogP contribution in [0.25, 0.3) is 0 Å². The molecular weight excluding hydrogens is 335 g/mol. The normalized spacial score (nSPS) is 15.5. The summed E-state index contributed by atoms with van der Waals surface area (Å²) in [4.78, 5) is 18.6. The molecule has 4 nitrogen and oxygen atoms in total. The molecule has 2 heterocycles. The van der Waals surface area contributed by atoms with E-state index in [2.05, 4.69) is 9.88 Å². The highest BCUT2D eigenvalue weighted by Crippen LogP contribution is 2.22. The van der Waals surface area contributed by atoms with Crippen molar-refractivity contribution in [1.82, 2.24) is 4.98 Å². The van der Waals surface area contributed by atoms with Crippen LogP contribution in [0.1, 0.15) is 23.2 Å². The molecular formula is C17H16Cl2N2O2. The van der Waals surface area contributed by atoms with Crippen LogP contribution in [0.4, 0.5) is 5.82 Å². The number of carbonyl (C=O) groups excluding carboxylic acids is 1. The first-order chi connectivity index (χ1) is 11.1. The minimum absolute atomic E-state index is 0.0787. The van der Waals surface area contributed by atoms with E-state index < -0.39 is 0 Å². The van der Waals surface area contributed by atoms with E-state index in [0.717, 1.165) is 31.7 Å². The maximum atomic E-state index is 12.1. The Bertz CT molecular complexity index is 683. The number of anilines is 1. The predicted octanol–water partition coefficient (Wildman–Crippen LogP) is 4.21. The van der Waals surface area contributed by atoms with Gasteiger partial charge in [0.15, 0.2) is 0 Å². The average molecular weight is 351 g/mol. The highest BCUT2D eigenvalue weighted by Gasteiger charge is 2.23. The number of hydrogen-bond donors (Lipinski definition) is 0.